The van der Waals surface area contributed by atoms with Crippen molar-refractivity contribution in [2.24, 2.45) is 5.92 Å². The average Bonchev–Trinajstić information content (AvgIpc) is 2.17. The van der Waals surface area contributed by atoms with E-state index in [1.807, 2.05) is 19.2 Å². The molecule has 1 heterocycles. The number of hydrogen-bond acceptors (Lipinski definition) is 2. The minimum Gasteiger partial charge on any atom is -0.493 e. The fourth-order valence-corrected chi connectivity index (χ4v) is 2.34. The van der Waals surface area contributed by atoms with E-state index in [-0.39, 0.29) is 0 Å². The summed E-state index contributed by atoms with van der Waals surface area (Å²) < 4.78 is 6.77. The molecule has 0 aliphatic carbocycles. The zero-order valence-electron chi connectivity index (χ0n) is 8.38. The molecule has 1 aliphatic heterocycles. The highest BCUT2D eigenvalue weighted by atomic mass is 79.9. The molecule has 2 atom stereocenters. The second-order valence-corrected chi connectivity index (χ2v) is 4.65. The molecule has 0 bridgehead atoms. The van der Waals surface area contributed by atoms with E-state index in [1.54, 1.807) is 0 Å². The lowest BCUT2D eigenvalue weighted by atomic mass is 9.92. The first-order valence-corrected chi connectivity index (χ1v) is 5.61. The molecule has 0 aromatic heterocycles. The molecule has 0 fully saturated rings. The Labute approximate surface area is 92.8 Å². The summed E-state index contributed by atoms with van der Waals surface area (Å²) in [5.74, 6) is 1.52. The van der Waals surface area contributed by atoms with E-state index >= 15 is 0 Å². The third kappa shape index (κ3) is 1.66. The van der Waals surface area contributed by atoms with Crippen LogP contribution in [0.1, 0.15) is 18.5 Å². The van der Waals surface area contributed by atoms with Crippen LogP contribution in [0.4, 0.5) is 0 Å². The lowest BCUT2D eigenvalue weighted by molar-refractivity contribution is 0.193. The Balaban J connectivity index is 2.43. The van der Waals surface area contributed by atoms with Gasteiger partial charge in [-0.25, -0.2) is 0 Å². The van der Waals surface area contributed by atoms with Gasteiger partial charge in [-0.3, -0.25) is 0 Å². The van der Waals surface area contributed by atoms with Crippen molar-refractivity contribution in [1.29, 1.82) is 0 Å². The fraction of sp³-hybridized carbons (Fsp3) is 0.455. The molecule has 2 rings (SSSR count). The van der Waals surface area contributed by atoms with E-state index in [0.29, 0.717) is 12.0 Å². The minimum absolute atomic E-state index is 0.399. The van der Waals surface area contributed by atoms with Crippen LogP contribution >= 0.6 is 15.9 Å². The van der Waals surface area contributed by atoms with Gasteiger partial charge in [-0.05, 0) is 25.2 Å². The number of halogens is 1. The predicted octanol–water partition coefficient (Wildman–Crippen LogP) is 2.74. The molecule has 1 N–H and O–H groups in total. The van der Waals surface area contributed by atoms with Gasteiger partial charge >= 0.3 is 0 Å². The van der Waals surface area contributed by atoms with Crippen molar-refractivity contribution in [3.63, 3.8) is 0 Å². The molecule has 0 spiro atoms. The lowest BCUT2D eigenvalue weighted by Crippen LogP contribution is -2.31. The summed E-state index contributed by atoms with van der Waals surface area (Å²) in [7, 11) is 2.00. The third-order valence-corrected chi connectivity index (χ3v) is 3.18. The topological polar surface area (TPSA) is 21.3 Å². The lowest BCUT2D eigenvalue weighted by Gasteiger charge is -2.31. The molecule has 1 aromatic rings. The van der Waals surface area contributed by atoms with Crippen molar-refractivity contribution in [1.82, 2.24) is 5.32 Å². The zero-order valence-corrected chi connectivity index (χ0v) is 9.97. The number of ether oxygens (including phenoxy) is 1. The molecule has 0 saturated carbocycles. The van der Waals surface area contributed by atoms with Crippen LogP contribution in [0.25, 0.3) is 0 Å². The molecular weight excluding hydrogens is 242 g/mol. The summed E-state index contributed by atoms with van der Waals surface area (Å²) in [5, 5.41) is 3.34. The number of hydrogen-bond donors (Lipinski definition) is 1. The van der Waals surface area contributed by atoms with E-state index in [4.69, 9.17) is 4.74 Å². The summed E-state index contributed by atoms with van der Waals surface area (Å²) in [6, 6.07) is 6.57. The highest BCUT2D eigenvalue weighted by Crippen LogP contribution is 2.36. The molecule has 0 amide bonds. The SMILES string of the molecule is CNC1c2cc(Br)ccc2OCC1C. The molecule has 2 nitrogen and oxygen atoms in total. The Morgan fingerprint density at radius 1 is 1.50 bits per heavy atom. The summed E-state index contributed by atoms with van der Waals surface area (Å²) in [6.07, 6.45) is 0. The number of benzene rings is 1. The van der Waals surface area contributed by atoms with Gasteiger partial charge in [-0.15, -0.1) is 0 Å². The second kappa shape index (κ2) is 3.91. The second-order valence-electron chi connectivity index (χ2n) is 3.74. The van der Waals surface area contributed by atoms with Crippen LogP contribution in [-0.4, -0.2) is 13.7 Å². The van der Waals surface area contributed by atoms with Gasteiger partial charge in [0.2, 0.25) is 0 Å². The highest BCUT2D eigenvalue weighted by molar-refractivity contribution is 9.10. The summed E-state index contributed by atoms with van der Waals surface area (Å²) in [6.45, 7) is 2.99. The Kier molecular flexibility index (Phi) is 2.79. The Morgan fingerprint density at radius 2 is 2.29 bits per heavy atom. The maximum Gasteiger partial charge on any atom is 0.124 e. The largest absolute Gasteiger partial charge is 0.493 e. The monoisotopic (exact) mass is 255 g/mol. The first kappa shape index (κ1) is 9.99. The number of rotatable bonds is 1. The van der Waals surface area contributed by atoms with Crippen LogP contribution in [0, 0.1) is 5.92 Å². The van der Waals surface area contributed by atoms with Gasteiger partial charge < -0.3 is 10.1 Å². The van der Waals surface area contributed by atoms with Crippen molar-refractivity contribution >= 4 is 15.9 Å². The zero-order chi connectivity index (χ0) is 10.1. The Hall–Kier alpha value is -0.540. The average molecular weight is 256 g/mol. The normalized spacial score (nSPS) is 25.4. The number of fused-ring (bicyclic) bond motifs is 1. The predicted molar refractivity (Wildman–Crippen MR) is 60.6 cm³/mol. The van der Waals surface area contributed by atoms with Crippen molar-refractivity contribution in [2.45, 2.75) is 13.0 Å². The van der Waals surface area contributed by atoms with Crippen molar-refractivity contribution in [3.8, 4) is 5.75 Å². The van der Waals surface area contributed by atoms with Crippen LogP contribution in [-0.2, 0) is 0 Å². The van der Waals surface area contributed by atoms with Crippen molar-refractivity contribution in [2.75, 3.05) is 13.7 Å². The van der Waals surface area contributed by atoms with E-state index < -0.39 is 0 Å². The Morgan fingerprint density at radius 3 is 3.00 bits per heavy atom. The van der Waals surface area contributed by atoms with Gasteiger partial charge in [0.15, 0.2) is 0 Å². The Bertz CT molecular complexity index is 340. The van der Waals surface area contributed by atoms with E-state index in [1.165, 1.54) is 5.56 Å². The quantitative estimate of drug-likeness (QED) is 0.834. The van der Waals surface area contributed by atoms with Gasteiger partial charge in [0, 0.05) is 22.0 Å². The number of nitrogens with one attached hydrogen (secondary N) is 1. The molecule has 0 radical (unpaired) electrons. The standard InChI is InChI=1S/C11H14BrNO/c1-7-6-14-10-4-3-8(12)5-9(10)11(7)13-2/h3-5,7,11,13H,6H2,1-2H3. The van der Waals surface area contributed by atoms with E-state index in [0.717, 1.165) is 16.8 Å². The van der Waals surface area contributed by atoms with Crippen LogP contribution in [0.5, 0.6) is 5.75 Å². The summed E-state index contributed by atoms with van der Waals surface area (Å²) in [5.41, 5.74) is 1.25. The molecule has 2 unspecified atom stereocenters. The van der Waals surface area contributed by atoms with Crippen molar-refractivity contribution in [3.05, 3.63) is 28.2 Å². The molecule has 1 aromatic carbocycles. The maximum atomic E-state index is 5.66. The molecular formula is C11H14BrNO. The first-order valence-electron chi connectivity index (χ1n) is 4.82. The molecule has 1 aliphatic rings. The maximum absolute atomic E-state index is 5.66. The van der Waals surface area contributed by atoms with Crippen LogP contribution < -0.4 is 10.1 Å². The minimum atomic E-state index is 0.399. The fourth-order valence-electron chi connectivity index (χ4n) is 1.96. The summed E-state index contributed by atoms with van der Waals surface area (Å²) in [4.78, 5) is 0. The molecule has 3 heteroatoms. The summed E-state index contributed by atoms with van der Waals surface area (Å²) >= 11 is 3.48. The smallest absolute Gasteiger partial charge is 0.124 e. The highest BCUT2D eigenvalue weighted by Gasteiger charge is 2.26. The van der Waals surface area contributed by atoms with E-state index in [9.17, 15) is 0 Å². The first-order chi connectivity index (χ1) is 6.72. The van der Waals surface area contributed by atoms with Gasteiger partial charge in [-0.2, -0.15) is 0 Å². The molecule has 14 heavy (non-hydrogen) atoms. The van der Waals surface area contributed by atoms with E-state index in [2.05, 4.69) is 34.2 Å². The van der Waals surface area contributed by atoms with Crippen LogP contribution in [0.3, 0.4) is 0 Å². The van der Waals surface area contributed by atoms with Gasteiger partial charge in [0.1, 0.15) is 5.75 Å². The van der Waals surface area contributed by atoms with Crippen molar-refractivity contribution < 1.29 is 4.74 Å². The van der Waals surface area contributed by atoms with Gasteiger partial charge in [0.05, 0.1) is 6.61 Å². The molecule has 76 valence electrons. The van der Waals surface area contributed by atoms with Crippen LogP contribution in [0.15, 0.2) is 22.7 Å². The van der Waals surface area contributed by atoms with Crippen LogP contribution in [0.2, 0.25) is 0 Å². The van der Waals surface area contributed by atoms with Gasteiger partial charge in [0.25, 0.3) is 0 Å². The van der Waals surface area contributed by atoms with Gasteiger partial charge in [-0.1, -0.05) is 22.9 Å². The molecule has 0 saturated heterocycles. The third-order valence-electron chi connectivity index (χ3n) is 2.69.